The Balaban J connectivity index is 2.05. The van der Waals surface area contributed by atoms with E-state index in [2.05, 4.69) is 24.4 Å². The average Bonchev–Trinajstić information content (AvgIpc) is 2.99. The van der Waals surface area contributed by atoms with E-state index in [-0.39, 0.29) is 11.9 Å². The second-order valence-electron chi connectivity index (χ2n) is 5.80. The molecule has 0 saturated heterocycles. The fourth-order valence-corrected chi connectivity index (χ4v) is 3.75. The molecule has 108 valence electrons. The van der Waals surface area contributed by atoms with Gasteiger partial charge in [0.25, 0.3) is 0 Å². The average molecular weight is 290 g/mol. The van der Waals surface area contributed by atoms with E-state index in [1.165, 1.54) is 4.88 Å². The lowest BCUT2D eigenvalue weighted by Gasteiger charge is -2.35. The van der Waals surface area contributed by atoms with Crippen molar-refractivity contribution in [2.75, 3.05) is 7.05 Å². The van der Waals surface area contributed by atoms with Crippen LogP contribution in [0.5, 0.6) is 0 Å². The van der Waals surface area contributed by atoms with Crippen molar-refractivity contribution in [1.29, 1.82) is 5.26 Å². The van der Waals surface area contributed by atoms with Crippen molar-refractivity contribution in [1.82, 2.24) is 4.90 Å². The summed E-state index contributed by atoms with van der Waals surface area (Å²) in [6, 6.07) is 6.59. The number of nitrogens with zero attached hydrogens (tertiary/aromatic N) is 2. The van der Waals surface area contributed by atoms with Crippen LogP contribution < -0.4 is 0 Å². The molecule has 0 aromatic carbocycles. The Kier molecular flexibility index (Phi) is 4.82. The molecule has 0 bridgehead atoms. The van der Waals surface area contributed by atoms with Crippen LogP contribution >= 0.6 is 11.3 Å². The Morgan fingerprint density at radius 2 is 2.20 bits per heavy atom. The summed E-state index contributed by atoms with van der Waals surface area (Å²) >= 11 is 1.72. The molecule has 1 aromatic rings. The SMILES string of the molecule is CC(Cc1cccs1)N(C)C(=O)C1(C#N)CCCCC1. The van der Waals surface area contributed by atoms with Crippen LogP contribution in [0, 0.1) is 16.7 Å². The lowest BCUT2D eigenvalue weighted by molar-refractivity contribution is -0.141. The van der Waals surface area contributed by atoms with Gasteiger partial charge < -0.3 is 4.90 Å². The van der Waals surface area contributed by atoms with Crippen molar-refractivity contribution in [2.24, 2.45) is 5.41 Å². The first kappa shape index (κ1) is 15.1. The van der Waals surface area contributed by atoms with Gasteiger partial charge in [-0.05, 0) is 31.2 Å². The van der Waals surface area contributed by atoms with Crippen LogP contribution in [0.3, 0.4) is 0 Å². The molecule has 1 fully saturated rings. The highest BCUT2D eigenvalue weighted by Gasteiger charge is 2.42. The van der Waals surface area contributed by atoms with Gasteiger partial charge in [0.15, 0.2) is 0 Å². The molecular formula is C16H22N2OS. The van der Waals surface area contributed by atoms with E-state index in [1.54, 1.807) is 16.2 Å². The highest BCUT2D eigenvalue weighted by molar-refractivity contribution is 7.09. The predicted octanol–water partition coefficient (Wildman–Crippen LogP) is 3.61. The maximum atomic E-state index is 12.7. The van der Waals surface area contributed by atoms with Crippen molar-refractivity contribution < 1.29 is 4.79 Å². The number of hydrogen-bond acceptors (Lipinski definition) is 3. The third kappa shape index (κ3) is 3.04. The molecule has 1 atom stereocenters. The van der Waals surface area contributed by atoms with E-state index in [4.69, 9.17) is 0 Å². The Bertz CT molecular complexity index is 483. The van der Waals surface area contributed by atoms with Crippen LogP contribution in [0.25, 0.3) is 0 Å². The Morgan fingerprint density at radius 3 is 2.75 bits per heavy atom. The highest BCUT2D eigenvalue weighted by Crippen LogP contribution is 2.37. The number of carbonyl (C=O) groups excluding carboxylic acids is 1. The second-order valence-corrected chi connectivity index (χ2v) is 6.84. The zero-order valence-electron chi connectivity index (χ0n) is 12.3. The molecule has 1 aliphatic carbocycles. The van der Waals surface area contributed by atoms with Crippen molar-refractivity contribution in [2.45, 2.75) is 51.5 Å². The first-order valence-corrected chi connectivity index (χ1v) is 8.18. The van der Waals surface area contributed by atoms with Gasteiger partial charge in [0.05, 0.1) is 6.07 Å². The van der Waals surface area contributed by atoms with Gasteiger partial charge >= 0.3 is 0 Å². The molecule has 1 unspecified atom stereocenters. The molecule has 0 spiro atoms. The van der Waals surface area contributed by atoms with Gasteiger partial charge in [-0.1, -0.05) is 25.3 Å². The van der Waals surface area contributed by atoms with E-state index in [9.17, 15) is 10.1 Å². The van der Waals surface area contributed by atoms with E-state index >= 15 is 0 Å². The minimum absolute atomic E-state index is 0.0174. The number of amides is 1. The molecule has 1 saturated carbocycles. The van der Waals surface area contributed by atoms with Gasteiger partial charge in [-0.2, -0.15) is 5.26 Å². The van der Waals surface area contributed by atoms with Gasteiger partial charge in [0.2, 0.25) is 5.91 Å². The molecule has 0 aliphatic heterocycles. The van der Waals surface area contributed by atoms with Crippen LogP contribution in [0.2, 0.25) is 0 Å². The maximum absolute atomic E-state index is 12.7. The van der Waals surface area contributed by atoms with Gasteiger partial charge in [-0.3, -0.25) is 4.79 Å². The Labute approximate surface area is 125 Å². The lowest BCUT2D eigenvalue weighted by Crippen LogP contribution is -2.46. The first-order valence-electron chi connectivity index (χ1n) is 7.30. The minimum atomic E-state index is -0.767. The smallest absolute Gasteiger partial charge is 0.243 e. The summed E-state index contributed by atoms with van der Waals surface area (Å²) in [5, 5.41) is 11.6. The quantitative estimate of drug-likeness (QED) is 0.850. The molecule has 0 N–H and O–H groups in total. The molecule has 1 heterocycles. The summed E-state index contributed by atoms with van der Waals surface area (Å²) in [4.78, 5) is 15.8. The summed E-state index contributed by atoms with van der Waals surface area (Å²) < 4.78 is 0. The van der Waals surface area contributed by atoms with Gasteiger partial charge in [0.1, 0.15) is 5.41 Å². The van der Waals surface area contributed by atoms with Gasteiger partial charge in [-0.15, -0.1) is 11.3 Å². The predicted molar refractivity (Wildman–Crippen MR) is 81.4 cm³/mol. The number of hydrogen-bond donors (Lipinski definition) is 0. The maximum Gasteiger partial charge on any atom is 0.243 e. The van der Waals surface area contributed by atoms with Crippen LogP contribution in [0.15, 0.2) is 17.5 Å². The van der Waals surface area contributed by atoms with Gasteiger partial charge in [-0.25, -0.2) is 0 Å². The van der Waals surface area contributed by atoms with Crippen molar-refractivity contribution in [3.05, 3.63) is 22.4 Å². The number of nitriles is 1. The van der Waals surface area contributed by atoms with Crippen molar-refractivity contribution >= 4 is 17.2 Å². The third-order valence-corrected chi connectivity index (χ3v) is 5.29. The number of thiophene rings is 1. The standard InChI is InChI=1S/C16H22N2OS/c1-13(11-14-7-6-10-20-14)18(2)15(19)16(12-17)8-4-3-5-9-16/h6-7,10,13H,3-5,8-9,11H2,1-2H3. The van der Waals surface area contributed by atoms with Crippen molar-refractivity contribution in [3.8, 4) is 6.07 Å². The molecule has 4 heteroatoms. The Morgan fingerprint density at radius 1 is 1.50 bits per heavy atom. The number of likely N-dealkylation sites (N-methyl/N-ethyl adjacent to an activating group) is 1. The monoisotopic (exact) mass is 290 g/mol. The normalized spacial score (nSPS) is 19.1. The molecule has 20 heavy (non-hydrogen) atoms. The Hall–Kier alpha value is -1.34. The topological polar surface area (TPSA) is 44.1 Å². The zero-order valence-corrected chi connectivity index (χ0v) is 13.1. The zero-order chi connectivity index (χ0) is 14.6. The lowest BCUT2D eigenvalue weighted by atomic mass is 9.74. The van der Waals surface area contributed by atoms with Crippen LogP contribution in [0.4, 0.5) is 0 Å². The molecule has 1 aromatic heterocycles. The van der Waals surface area contributed by atoms with E-state index in [1.807, 2.05) is 13.1 Å². The molecule has 1 aliphatic rings. The summed E-state index contributed by atoms with van der Waals surface area (Å²) in [7, 11) is 1.84. The van der Waals surface area contributed by atoms with Crippen LogP contribution in [0.1, 0.15) is 43.9 Å². The fourth-order valence-electron chi connectivity index (χ4n) is 2.92. The molecule has 0 radical (unpaired) electrons. The van der Waals surface area contributed by atoms with Crippen LogP contribution in [-0.4, -0.2) is 23.9 Å². The largest absolute Gasteiger partial charge is 0.341 e. The summed E-state index contributed by atoms with van der Waals surface area (Å²) in [5.74, 6) is 0.0174. The summed E-state index contributed by atoms with van der Waals surface area (Å²) in [6.45, 7) is 2.06. The summed E-state index contributed by atoms with van der Waals surface area (Å²) in [5.41, 5.74) is -0.767. The fraction of sp³-hybridized carbons (Fsp3) is 0.625. The molecular weight excluding hydrogens is 268 g/mol. The molecule has 3 nitrogen and oxygen atoms in total. The van der Waals surface area contributed by atoms with Crippen LogP contribution in [-0.2, 0) is 11.2 Å². The van der Waals surface area contributed by atoms with Gasteiger partial charge in [0, 0.05) is 24.4 Å². The first-order chi connectivity index (χ1) is 9.59. The molecule has 2 rings (SSSR count). The third-order valence-electron chi connectivity index (χ3n) is 4.39. The van der Waals surface area contributed by atoms with Crippen molar-refractivity contribution in [3.63, 3.8) is 0 Å². The minimum Gasteiger partial charge on any atom is -0.341 e. The highest BCUT2D eigenvalue weighted by atomic mass is 32.1. The number of rotatable bonds is 4. The van der Waals surface area contributed by atoms with E-state index in [0.29, 0.717) is 0 Å². The second kappa shape index (κ2) is 6.41. The number of carbonyl (C=O) groups is 1. The van der Waals surface area contributed by atoms with E-state index in [0.717, 1.165) is 38.5 Å². The summed E-state index contributed by atoms with van der Waals surface area (Å²) in [6.07, 6.45) is 5.43. The van der Waals surface area contributed by atoms with E-state index < -0.39 is 5.41 Å². The molecule has 1 amide bonds.